The maximum atomic E-state index is 11.3. The number of ether oxygens (including phenoxy) is 1. The number of carbonyl (C=O) groups is 1. The minimum Gasteiger partial charge on any atom is -0.465 e. The maximum absolute atomic E-state index is 11.3. The third-order valence-corrected chi connectivity index (χ3v) is 3.71. The highest BCUT2D eigenvalue weighted by atomic mass is 35.5. The van der Waals surface area contributed by atoms with E-state index < -0.39 is 0 Å². The van der Waals surface area contributed by atoms with Gasteiger partial charge in [0.2, 0.25) is 0 Å². The van der Waals surface area contributed by atoms with Crippen LogP contribution in [0.3, 0.4) is 0 Å². The third kappa shape index (κ3) is 2.33. The monoisotopic (exact) mass is 245 g/mol. The van der Waals surface area contributed by atoms with Gasteiger partial charge in [-0.05, 0) is 17.9 Å². The predicted molar refractivity (Wildman–Crippen MR) is 60.1 cm³/mol. The highest BCUT2D eigenvalue weighted by Crippen LogP contribution is 2.34. The normalized spacial score (nSPS) is 15.3. The molecule has 15 heavy (non-hydrogen) atoms. The molecule has 1 aromatic rings. The SMILES string of the molecule is CCOC(=O)CN1Cc2csc(Cl)c2C1. The molecule has 0 saturated heterocycles. The number of esters is 1. The summed E-state index contributed by atoms with van der Waals surface area (Å²) in [4.78, 5) is 13.3. The van der Waals surface area contributed by atoms with Crippen LogP contribution in [0.1, 0.15) is 18.1 Å². The van der Waals surface area contributed by atoms with Crippen LogP contribution >= 0.6 is 22.9 Å². The van der Waals surface area contributed by atoms with Crippen molar-refractivity contribution in [1.82, 2.24) is 4.90 Å². The fourth-order valence-electron chi connectivity index (χ4n) is 1.71. The van der Waals surface area contributed by atoms with Crippen LogP contribution in [0.2, 0.25) is 4.34 Å². The van der Waals surface area contributed by atoms with Gasteiger partial charge in [0.25, 0.3) is 0 Å². The van der Waals surface area contributed by atoms with Gasteiger partial charge in [-0.2, -0.15) is 0 Å². The minimum atomic E-state index is -0.164. The molecule has 0 unspecified atom stereocenters. The zero-order valence-corrected chi connectivity index (χ0v) is 10.0. The van der Waals surface area contributed by atoms with Crippen LogP contribution in [0.25, 0.3) is 0 Å². The van der Waals surface area contributed by atoms with Crippen molar-refractivity contribution in [3.05, 3.63) is 20.8 Å². The first-order chi connectivity index (χ1) is 7.20. The Labute approximate surface area is 97.6 Å². The summed E-state index contributed by atoms with van der Waals surface area (Å²) in [5.41, 5.74) is 2.42. The molecule has 1 aliphatic heterocycles. The quantitative estimate of drug-likeness (QED) is 0.766. The molecule has 0 fully saturated rings. The summed E-state index contributed by atoms with van der Waals surface area (Å²) in [5, 5.41) is 2.06. The van der Waals surface area contributed by atoms with E-state index in [1.165, 1.54) is 11.1 Å². The summed E-state index contributed by atoms with van der Waals surface area (Å²) >= 11 is 7.58. The average Bonchev–Trinajstić information content (AvgIpc) is 2.69. The Morgan fingerprint density at radius 1 is 1.67 bits per heavy atom. The number of thiophene rings is 1. The van der Waals surface area contributed by atoms with E-state index >= 15 is 0 Å². The molecule has 5 heteroatoms. The maximum Gasteiger partial charge on any atom is 0.320 e. The van der Waals surface area contributed by atoms with E-state index in [0.29, 0.717) is 13.2 Å². The van der Waals surface area contributed by atoms with Crippen LogP contribution in [0, 0.1) is 0 Å². The molecule has 0 radical (unpaired) electrons. The Morgan fingerprint density at radius 2 is 2.47 bits per heavy atom. The molecule has 0 bridgehead atoms. The van der Waals surface area contributed by atoms with Gasteiger partial charge in [-0.25, -0.2) is 0 Å². The Kier molecular flexibility index (Phi) is 3.29. The van der Waals surface area contributed by atoms with E-state index in [0.717, 1.165) is 17.4 Å². The number of carbonyl (C=O) groups excluding carboxylic acids is 1. The summed E-state index contributed by atoms with van der Waals surface area (Å²) in [6.07, 6.45) is 0. The van der Waals surface area contributed by atoms with Gasteiger partial charge in [-0.1, -0.05) is 11.6 Å². The lowest BCUT2D eigenvalue weighted by Crippen LogP contribution is -2.26. The fraction of sp³-hybridized carbons (Fsp3) is 0.500. The molecule has 0 spiro atoms. The molecule has 2 rings (SSSR count). The average molecular weight is 246 g/mol. The van der Waals surface area contributed by atoms with Gasteiger partial charge in [0, 0.05) is 18.7 Å². The molecule has 0 saturated carbocycles. The van der Waals surface area contributed by atoms with Crippen molar-refractivity contribution >= 4 is 28.9 Å². The second kappa shape index (κ2) is 4.51. The number of halogens is 1. The van der Waals surface area contributed by atoms with Crippen LogP contribution in [-0.4, -0.2) is 24.0 Å². The lowest BCUT2D eigenvalue weighted by atomic mass is 10.2. The summed E-state index contributed by atoms with van der Waals surface area (Å²) in [7, 11) is 0. The molecule has 3 nitrogen and oxygen atoms in total. The Morgan fingerprint density at radius 3 is 3.13 bits per heavy atom. The van der Waals surface area contributed by atoms with Crippen LogP contribution in [-0.2, 0) is 22.6 Å². The predicted octanol–water partition coefficient (Wildman–Crippen LogP) is 2.28. The van der Waals surface area contributed by atoms with Gasteiger partial charge in [0.15, 0.2) is 0 Å². The standard InChI is InChI=1S/C10H12ClNO2S/c1-2-14-9(13)5-12-3-7-6-15-10(11)8(7)4-12/h6H,2-5H2,1H3. The zero-order chi connectivity index (χ0) is 10.8. The summed E-state index contributed by atoms with van der Waals surface area (Å²) < 4.78 is 5.74. The molecule has 0 aromatic carbocycles. The van der Waals surface area contributed by atoms with Crippen molar-refractivity contribution in [2.45, 2.75) is 20.0 Å². The molecule has 0 atom stereocenters. The molecule has 1 aromatic heterocycles. The van der Waals surface area contributed by atoms with Gasteiger partial charge in [0.05, 0.1) is 17.5 Å². The number of nitrogens with zero attached hydrogens (tertiary/aromatic N) is 1. The molecule has 0 aliphatic carbocycles. The Balaban J connectivity index is 1.93. The smallest absolute Gasteiger partial charge is 0.320 e. The summed E-state index contributed by atoms with van der Waals surface area (Å²) in [6.45, 7) is 4.17. The van der Waals surface area contributed by atoms with Crippen LogP contribution in [0.4, 0.5) is 0 Å². The van der Waals surface area contributed by atoms with Crippen molar-refractivity contribution < 1.29 is 9.53 Å². The van der Waals surface area contributed by atoms with Gasteiger partial charge in [-0.3, -0.25) is 9.69 Å². The van der Waals surface area contributed by atoms with E-state index in [2.05, 4.69) is 5.38 Å². The van der Waals surface area contributed by atoms with Crippen LogP contribution < -0.4 is 0 Å². The van der Waals surface area contributed by atoms with Crippen molar-refractivity contribution in [3.8, 4) is 0 Å². The fourth-order valence-corrected chi connectivity index (χ4v) is 2.82. The van der Waals surface area contributed by atoms with Gasteiger partial charge >= 0.3 is 5.97 Å². The third-order valence-electron chi connectivity index (χ3n) is 2.36. The van der Waals surface area contributed by atoms with Crippen molar-refractivity contribution in [1.29, 1.82) is 0 Å². The molecule has 82 valence electrons. The second-order valence-corrected chi connectivity index (χ2v) is 4.95. The van der Waals surface area contributed by atoms with E-state index in [4.69, 9.17) is 16.3 Å². The first-order valence-electron chi connectivity index (χ1n) is 4.83. The van der Waals surface area contributed by atoms with Crippen molar-refractivity contribution in [2.75, 3.05) is 13.2 Å². The molecule has 0 amide bonds. The van der Waals surface area contributed by atoms with Crippen molar-refractivity contribution in [3.63, 3.8) is 0 Å². The van der Waals surface area contributed by atoms with E-state index in [9.17, 15) is 4.79 Å². The highest BCUT2D eigenvalue weighted by Gasteiger charge is 2.24. The lowest BCUT2D eigenvalue weighted by Gasteiger charge is -2.13. The second-order valence-electron chi connectivity index (χ2n) is 3.46. The number of rotatable bonds is 3. The van der Waals surface area contributed by atoms with Crippen LogP contribution in [0.5, 0.6) is 0 Å². The molecule has 2 heterocycles. The first-order valence-corrected chi connectivity index (χ1v) is 6.09. The molecular formula is C10H12ClNO2S. The topological polar surface area (TPSA) is 29.5 Å². The Hall–Kier alpha value is -0.580. The number of fused-ring (bicyclic) bond motifs is 1. The lowest BCUT2D eigenvalue weighted by molar-refractivity contribution is -0.144. The van der Waals surface area contributed by atoms with E-state index in [-0.39, 0.29) is 5.97 Å². The Bertz CT molecular complexity index is 377. The van der Waals surface area contributed by atoms with Gasteiger partial charge in [-0.15, -0.1) is 11.3 Å². The summed E-state index contributed by atoms with van der Waals surface area (Å²) in [5.74, 6) is -0.164. The molecular weight excluding hydrogens is 234 g/mol. The zero-order valence-electron chi connectivity index (χ0n) is 8.46. The molecule has 0 N–H and O–H groups in total. The first kappa shape index (κ1) is 10.9. The van der Waals surface area contributed by atoms with Crippen LogP contribution in [0.15, 0.2) is 5.38 Å². The number of hydrogen-bond donors (Lipinski definition) is 0. The van der Waals surface area contributed by atoms with Gasteiger partial charge in [0.1, 0.15) is 0 Å². The summed E-state index contributed by atoms with van der Waals surface area (Å²) in [6, 6.07) is 0. The van der Waals surface area contributed by atoms with Gasteiger partial charge < -0.3 is 4.74 Å². The minimum absolute atomic E-state index is 0.164. The van der Waals surface area contributed by atoms with E-state index in [1.54, 1.807) is 11.3 Å². The largest absolute Gasteiger partial charge is 0.465 e. The highest BCUT2D eigenvalue weighted by molar-refractivity contribution is 7.14. The van der Waals surface area contributed by atoms with E-state index in [1.807, 2.05) is 11.8 Å². The number of hydrogen-bond acceptors (Lipinski definition) is 4. The molecule has 1 aliphatic rings. The van der Waals surface area contributed by atoms with Crippen molar-refractivity contribution in [2.24, 2.45) is 0 Å².